The zero-order chi connectivity index (χ0) is 9.26. The molecule has 1 heterocycles. The second-order valence-corrected chi connectivity index (χ2v) is 3.42. The molecule has 1 nitrogen and oxygen atoms in total. The van der Waals surface area contributed by atoms with Crippen LogP contribution in [-0.4, -0.2) is 12.6 Å². The van der Waals surface area contributed by atoms with E-state index in [2.05, 4.69) is 5.32 Å². The lowest BCUT2D eigenvalue weighted by molar-refractivity contribution is 0.368. The molecule has 1 saturated heterocycles. The molecule has 0 spiro atoms. The highest BCUT2D eigenvalue weighted by Gasteiger charge is 2.16. The minimum atomic E-state index is -0.491. The summed E-state index contributed by atoms with van der Waals surface area (Å²) in [7, 11) is 0. The first kappa shape index (κ1) is 8.63. The van der Waals surface area contributed by atoms with E-state index >= 15 is 0 Å². The first-order chi connectivity index (χ1) is 6.24. The molecule has 1 aliphatic heterocycles. The van der Waals surface area contributed by atoms with Crippen LogP contribution in [-0.2, 0) is 6.42 Å². The van der Waals surface area contributed by atoms with Crippen molar-refractivity contribution in [2.24, 2.45) is 0 Å². The van der Waals surface area contributed by atoms with Gasteiger partial charge < -0.3 is 5.32 Å². The van der Waals surface area contributed by atoms with Gasteiger partial charge in [0.25, 0.3) is 0 Å². The van der Waals surface area contributed by atoms with Gasteiger partial charge in [0.2, 0.25) is 0 Å². The summed E-state index contributed by atoms with van der Waals surface area (Å²) in [6.45, 7) is 1.02. The maximum absolute atomic E-state index is 12.7. The van der Waals surface area contributed by atoms with Crippen molar-refractivity contribution >= 4 is 0 Å². The third-order valence-electron chi connectivity index (χ3n) is 2.33. The molecule has 1 fully saturated rings. The predicted octanol–water partition coefficient (Wildman–Crippen LogP) is 1.87. The van der Waals surface area contributed by atoms with Crippen molar-refractivity contribution in [2.75, 3.05) is 6.54 Å². The fourth-order valence-corrected chi connectivity index (χ4v) is 1.54. The molecule has 0 saturated carbocycles. The van der Waals surface area contributed by atoms with E-state index in [1.807, 2.05) is 0 Å². The standard InChI is InChI=1S/C10H11F2N/c11-8-3-7(4-9(12)6-8)5-10-1-2-13-10/h3-4,6,10,13H,1-2,5H2. The molecular weight excluding hydrogens is 172 g/mol. The Labute approximate surface area is 75.8 Å². The van der Waals surface area contributed by atoms with E-state index in [9.17, 15) is 8.78 Å². The van der Waals surface area contributed by atoms with Crippen molar-refractivity contribution < 1.29 is 8.78 Å². The van der Waals surface area contributed by atoms with Gasteiger partial charge in [-0.3, -0.25) is 0 Å². The van der Waals surface area contributed by atoms with Gasteiger partial charge in [0, 0.05) is 12.1 Å². The second kappa shape index (κ2) is 3.42. The monoisotopic (exact) mass is 183 g/mol. The Balaban J connectivity index is 2.10. The van der Waals surface area contributed by atoms with Gasteiger partial charge in [-0.25, -0.2) is 8.78 Å². The van der Waals surface area contributed by atoms with Crippen molar-refractivity contribution in [1.29, 1.82) is 0 Å². The number of rotatable bonds is 2. The largest absolute Gasteiger partial charge is 0.314 e. The summed E-state index contributed by atoms with van der Waals surface area (Å²) >= 11 is 0. The highest BCUT2D eigenvalue weighted by molar-refractivity contribution is 5.19. The third kappa shape index (κ3) is 2.04. The Morgan fingerprint density at radius 1 is 1.23 bits per heavy atom. The summed E-state index contributed by atoms with van der Waals surface area (Å²) in [6.07, 6.45) is 1.81. The lowest BCUT2D eigenvalue weighted by Crippen LogP contribution is -2.44. The van der Waals surface area contributed by atoms with Crippen molar-refractivity contribution in [3.8, 4) is 0 Å². The van der Waals surface area contributed by atoms with Gasteiger partial charge in [-0.15, -0.1) is 0 Å². The summed E-state index contributed by atoms with van der Waals surface area (Å²) in [5, 5.41) is 3.19. The Kier molecular flexibility index (Phi) is 2.27. The van der Waals surface area contributed by atoms with E-state index in [0.29, 0.717) is 12.5 Å². The number of benzene rings is 1. The van der Waals surface area contributed by atoms with Crippen LogP contribution in [0.1, 0.15) is 12.0 Å². The Bertz CT molecular complexity index is 288. The predicted molar refractivity (Wildman–Crippen MR) is 46.5 cm³/mol. The molecule has 1 aromatic rings. The van der Waals surface area contributed by atoms with Crippen LogP contribution in [0.5, 0.6) is 0 Å². The van der Waals surface area contributed by atoms with Crippen LogP contribution in [0.2, 0.25) is 0 Å². The molecule has 0 radical (unpaired) electrons. The molecule has 0 aliphatic carbocycles. The van der Waals surface area contributed by atoms with Crippen molar-refractivity contribution in [1.82, 2.24) is 5.32 Å². The summed E-state index contributed by atoms with van der Waals surface area (Å²) < 4.78 is 25.5. The second-order valence-electron chi connectivity index (χ2n) is 3.42. The molecule has 0 amide bonds. The minimum absolute atomic E-state index is 0.404. The van der Waals surface area contributed by atoms with Crippen LogP contribution >= 0.6 is 0 Å². The molecule has 70 valence electrons. The van der Waals surface area contributed by atoms with Crippen LogP contribution < -0.4 is 5.32 Å². The summed E-state index contributed by atoms with van der Waals surface area (Å²) in [6, 6.07) is 4.09. The normalized spacial score (nSPS) is 21.2. The Morgan fingerprint density at radius 2 is 1.85 bits per heavy atom. The molecule has 1 aromatic carbocycles. The van der Waals surface area contributed by atoms with Crippen LogP contribution in [0.25, 0.3) is 0 Å². The molecule has 13 heavy (non-hydrogen) atoms. The Morgan fingerprint density at radius 3 is 2.31 bits per heavy atom. The molecule has 1 unspecified atom stereocenters. The average Bonchev–Trinajstić information content (AvgIpc) is 1.95. The smallest absolute Gasteiger partial charge is 0.126 e. The van der Waals surface area contributed by atoms with E-state index in [0.717, 1.165) is 24.6 Å². The molecule has 0 aromatic heterocycles. The van der Waals surface area contributed by atoms with Crippen molar-refractivity contribution in [3.63, 3.8) is 0 Å². The van der Waals surface area contributed by atoms with E-state index in [1.54, 1.807) is 0 Å². The fourth-order valence-electron chi connectivity index (χ4n) is 1.54. The van der Waals surface area contributed by atoms with E-state index in [1.165, 1.54) is 12.1 Å². The van der Waals surface area contributed by atoms with Gasteiger partial charge in [-0.05, 0) is 37.1 Å². The van der Waals surface area contributed by atoms with Gasteiger partial charge in [0.05, 0.1) is 0 Å². The van der Waals surface area contributed by atoms with Crippen molar-refractivity contribution in [2.45, 2.75) is 18.9 Å². The molecule has 3 heteroatoms. The zero-order valence-corrected chi connectivity index (χ0v) is 7.19. The molecule has 1 atom stereocenters. The van der Waals surface area contributed by atoms with Crippen molar-refractivity contribution in [3.05, 3.63) is 35.4 Å². The SMILES string of the molecule is Fc1cc(F)cc(CC2CCN2)c1. The lowest BCUT2D eigenvalue weighted by atomic mass is 9.98. The van der Waals surface area contributed by atoms with E-state index < -0.39 is 11.6 Å². The molecule has 1 N–H and O–H groups in total. The number of nitrogens with one attached hydrogen (secondary N) is 1. The molecule has 2 rings (SSSR count). The summed E-state index contributed by atoms with van der Waals surface area (Å²) in [5.74, 6) is -0.983. The lowest BCUT2D eigenvalue weighted by Gasteiger charge is -2.27. The molecule has 0 bridgehead atoms. The van der Waals surface area contributed by atoms with Gasteiger partial charge in [0.1, 0.15) is 11.6 Å². The Hall–Kier alpha value is -0.960. The summed E-state index contributed by atoms with van der Waals surface area (Å²) in [5.41, 5.74) is 0.731. The number of hydrogen-bond donors (Lipinski definition) is 1. The van der Waals surface area contributed by atoms with Crippen LogP contribution in [0.15, 0.2) is 18.2 Å². The van der Waals surface area contributed by atoms with Gasteiger partial charge in [-0.2, -0.15) is 0 Å². The highest BCUT2D eigenvalue weighted by atomic mass is 19.1. The third-order valence-corrected chi connectivity index (χ3v) is 2.33. The van der Waals surface area contributed by atoms with Gasteiger partial charge in [-0.1, -0.05) is 0 Å². The fraction of sp³-hybridized carbons (Fsp3) is 0.400. The van der Waals surface area contributed by atoms with Gasteiger partial charge in [0.15, 0.2) is 0 Å². The quantitative estimate of drug-likeness (QED) is 0.738. The minimum Gasteiger partial charge on any atom is -0.314 e. The van der Waals surface area contributed by atoms with Crippen LogP contribution in [0.3, 0.4) is 0 Å². The first-order valence-electron chi connectivity index (χ1n) is 4.42. The number of halogens is 2. The zero-order valence-electron chi connectivity index (χ0n) is 7.19. The topological polar surface area (TPSA) is 12.0 Å². The summed E-state index contributed by atoms with van der Waals surface area (Å²) in [4.78, 5) is 0. The maximum atomic E-state index is 12.7. The van der Waals surface area contributed by atoms with Crippen LogP contribution in [0.4, 0.5) is 8.78 Å². The molecule has 1 aliphatic rings. The highest BCUT2D eigenvalue weighted by Crippen LogP contribution is 2.13. The number of hydrogen-bond acceptors (Lipinski definition) is 1. The maximum Gasteiger partial charge on any atom is 0.126 e. The van der Waals surface area contributed by atoms with Gasteiger partial charge >= 0.3 is 0 Å². The van der Waals surface area contributed by atoms with Crippen LogP contribution in [0, 0.1) is 11.6 Å². The average molecular weight is 183 g/mol. The van der Waals surface area contributed by atoms with E-state index in [4.69, 9.17) is 0 Å². The molecular formula is C10H11F2N. The first-order valence-corrected chi connectivity index (χ1v) is 4.42. The van der Waals surface area contributed by atoms with E-state index in [-0.39, 0.29) is 0 Å².